The Balaban J connectivity index is 2.07. The molecule has 0 atom stereocenters. The van der Waals surface area contributed by atoms with Crippen LogP contribution in [0.4, 0.5) is 5.69 Å². The number of nitrogen functional groups attached to an aromatic ring is 1. The van der Waals surface area contributed by atoms with Gasteiger partial charge in [0.15, 0.2) is 0 Å². The summed E-state index contributed by atoms with van der Waals surface area (Å²) in [5.41, 5.74) is 10.3. The Morgan fingerprint density at radius 3 is 3.00 bits per heavy atom. The molecule has 1 heterocycles. The fourth-order valence-corrected chi connectivity index (χ4v) is 2.13. The second-order valence-electron chi connectivity index (χ2n) is 4.50. The van der Waals surface area contributed by atoms with Gasteiger partial charge in [-0.1, -0.05) is 18.2 Å². The lowest BCUT2D eigenvalue weighted by Crippen LogP contribution is -1.93. The lowest BCUT2D eigenvalue weighted by molar-refractivity contribution is 0.876. The van der Waals surface area contributed by atoms with E-state index in [4.69, 9.17) is 5.73 Å². The largest absolute Gasteiger partial charge is 0.399 e. The Hall–Kier alpha value is -2.16. The second kappa shape index (κ2) is 4.61. The van der Waals surface area contributed by atoms with Gasteiger partial charge in [0.05, 0.1) is 22.9 Å². The van der Waals surface area contributed by atoms with Crippen molar-refractivity contribution in [3.8, 4) is 0 Å². The molecule has 0 saturated heterocycles. The SMILES string of the molecule is Nc1ccc2nc(C3=CCCCC=C3)cnc2c1. The molecule has 2 aromatic rings. The van der Waals surface area contributed by atoms with Crippen LogP contribution in [0.25, 0.3) is 16.6 Å². The third-order valence-corrected chi connectivity index (χ3v) is 3.10. The zero-order valence-corrected chi connectivity index (χ0v) is 10.1. The zero-order valence-electron chi connectivity index (χ0n) is 10.1. The van der Waals surface area contributed by atoms with Crippen molar-refractivity contribution >= 4 is 22.3 Å². The van der Waals surface area contributed by atoms with Crippen molar-refractivity contribution in [2.75, 3.05) is 5.73 Å². The minimum absolute atomic E-state index is 0.720. The van der Waals surface area contributed by atoms with Crippen LogP contribution in [0, 0.1) is 0 Å². The van der Waals surface area contributed by atoms with Crippen LogP contribution in [-0.2, 0) is 0 Å². The van der Waals surface area contributed by atoms with Crippen LogP contribution in [-0.4, -0.2) is 9.97 Å². The molecule has 0 radical (unpaired) electrons. The van der Waals surface area contributed by atoms with E-state index in [0.29, 0.717) is 0 Å². The molecule has 0 saturated carbocycles. The molecular weight excluding hydrogens is 222 g/mol. The summed E-state index contributed by atoms with van der Waals surface area (Å²) in [5, 5.41) is 0. The average Bonchev–Trinajstić information content (AvgIpc) is 2.67. The Morgan fingerprint density at radius 1 is 1.11 bits per heavy atom. The number of nitrogens with zero attached hydrogens (tertiary/aromatic N) is 2. The average molecular weight is 237 g/mol. The summed E-state index contributed by atoms with van der Waals surface area (Å²) < 4.78 is 0. The number of allylic oxidation sites excluding steroid dienone is 4. The summed E-state index contributed by atoms with van der Waals surface area (Å²) in [6, 6.07) is 5.63. The van der Waals surface area contributed by atoms with Crippen LogP contribution in [0.3, 0.4) is 0 Å². The molecule has 0 fully saturated rings. The lowest BCUT2D eigenvalue weighted by Gasteiger charge is -2.03. The summed E-state index contributed by atoms with van der Waals surface area (Å²) >= 11 is 0. The molecular formula is C15H15N3. The molecule has 1 aliphatic carbocycles. The smallest absolute Gasteiger partial charge is 0.0907 e. The number of aromatic nitrogens is 2. The predicted octanol–water partition coefficient (Wildman–Crippen LogP) is 3.34. The molecule has 0 spiro atoms. The Morgan fingerprint density at radius 2 is 2.06 bits per heavy atom. The molecule has 1 aliphatic rings. The molecule has 0 unspecified atom stereocenters. The van der Waals surface area contributed by atoms with Gasteiger partial charge < -0.3 is 5.73 Å². The highest BCUT2D eigenvalue weighted by atomic mass is 14.8. The normalized spacial score (nSPS) is 15.4. The van der Waals surface area contributed by atoms with Crippen molar-refractivity contribution in [1.82, 2.24) is 9.97 Å². The molecule has 0 amide bonds. The maximum absolute atomic E-state index is 5.74. The van der Waals surface area contributed by atoms with Gasteiger partial charge in [-0.05, 0) is 43.0 Å². The van der Waals surface area contributed by atoms with Gasteiger partial charge in [0, 0.05) is 5.69 Å². The highest BCUT2D eigenvalue weighted by molar-refractivity contribution is 5.81. The summed E-state index contributed by atoms with van der Waals surface area (Å²) in [6.07, 6.45) is 11.8. The highest BCUT2D eigenvalue weighted by Gasteiger charge is 2.05. The van der Waals surface area contributed by atoms with Gasteiger partial charge >= 0.3 is 0 Å². The van der Waals surface area contributed by atoms with E-state index in [1.807, 2.05) is 24.4 Å². The summed E-state index contributed by atoms with van der Waals surface area (Å²) in [4.78, 5) is 9.07. The van der Waals surface area contributed by atoms with Crippen LogP contribution in [0.2, 0.25) is 0 Å². The van der Waals surface area contributed by atoms with Crippen LogP contribution < -0.4 is 5.73 Å². The summed E-state index contributed by atoms with van der Waals surface area (Å²) in [5.74, 6) is 0. The van der Waals surface area contributed by atoms with Crippen molar-refractivity contribution in [2.24, 2.45) is 0 Å². The molecule has 18 heavy (non-hydrogen) atoms. The summed E-state index contributed by atoms with van der Waals surface area (Å²) in [6.45, 7) is 0. The molecule has 0 bridgehead atoms. The molecule has 0 aliphatic heterocycles. The maximum Gasteiger partial charge on any atom is 0.0907 e. The fraction of sp³-hybridized carbons (Fsp3) is 0.200. The fourth-order valence-electron chi connectivity index (χ4n) is 2.13. The second-order valence-corrected chi connectivity index (χ2v) is 4.50. The number of fused-ring (bicyclic) bond motifs is 1. The Labute approximate surface area is 106 Å². The van der Waals surface area contributed by atoms with Crippen LogP contribution in [0.1, 0.15) is 25.0 Å². The van der Waals surface area contributed by atoms with E-state index in [2.05, 4.69) is 28.2 Å². The van der Waals surface area contributed by atoms with Gasteiger partial charge in [0.25, 0.3) is 0 Å². The quantitative estimate of drug-likeness (QED) is 0.774. The Bertz CT molecular complexity index is 641. The first kappa shape index (κ1) is 11.0. The molecule has 1 aromatic carbocycles. The van der Waals surface area contributed by atoms with E-state index in [1.165, 1.54) is 12.0 Å². The third kappa shape index (κ3) is 2.12. The number of nitrogens with two attached hydrogens (primary N) is 1. The number of benzene rings is 1. The minimum Gasteiger partial charge on any atom is -0.399 e. The van der Waals surface area contributed by atoms with Crippen molar-refractivity contribution in [2.45, 2.75) is 19.3 Å². The van der Waals surface area contributed by atoms with Crippen LogP contribution in [0.5, 0.6) is 0 Å². The molecule has 2 N–H and O–H groups in total. The monoisotopic (exact) mass is 237 g/mol. The van der Waals surface area contributed by atoms with Gasteiger partial charge in [0.1, 0.15) is 0 Å². The van der Waals surface area contributed by atoms with Crippen LogP contribution >= 0.6 is 0 Å². The standard InChI is InChI=1S/C15H15N3/c16-12-7-8-13-14(9-12)17-10-15(18-13)11-5-3-1-2-4-6-11/h3,5-10H,1-2,4,16H2. The first-order chi connectivity index (χ1) is 8.83. The minimum atomic E-state index is 0.720. The van der Waals surface area contributed by atoms with E-state index in [9.17, 15) is 0 Å². The molecule has 3 heteroatoms. The van der Waals surface area contributed by atoms with Crippen molar-refractivity contribution < 1.29 is 0 Å². The molecule has 90 valence electrons. The lowest BCUT2D eigenvalue weighted by atomic mass is 10.1. The molecule has 3 nitrogen and oxygen atoms in total. The van der Waals surface area contributed by atoms with E-state index in [0.717, 1.165) is 35.3 Å². The van der Waals surface area contributed by atoms with Gasteiger partial charge in [-0.15, -0.1) is 0 Å². The molecule has 3 rings (SSSR count). The maximum atomic E-state index is 5.74. The number of anilines is 1. The number of hydrogen-bond donors (Lipinski definition) is 1. The van der Waals surface area contributed by atoms with E-state index >= 15 is 0 Å². The van der Waals surface area contributed by atoms with Crippen molar-refractivity contribution in [1.29, 1.82) is 0 Å². The number of rotatable bonds is 1. The first-order valence-corrected chi connectivity index (χ1v) is 6.22. The Kier molecular flexibility index (Phi) is 2.81. The van der Waals surface area contributed by atoms with Gasteiger partial charge in [0.2, 0.25) is 0 Å². The van der Waals surface area contributed by atoms with Crippen LogP contribution in [0.15, 0.2) is 42.6 Å². The van der Waals surface area contributed by atoms with Gasteiger partial charge in [-0.25, -0.2) is 4.98 Å². The van der Waals surface area contributed by atoms with E-state index in [-0.39, 0.29) is 0 Å². The first-order valence-electron chi connectivity index (χ1n) is 6.22. The third-order valence-electron chi connectivity index (χ3n) is 3.10. The predicted molar refractivity (Wildman–Crippen MR) is 74.9 cm³/mol. The number of hydrogen-bond acceptors (Lipinski definition) is 3. The van der Waals surface area contributed by atoms with Gasteiger partial charge in [-0.3, -0.25) is 4.98 Å². The van der Waals surface area contributed by atoms with Crippen molar-refractivity contribution in [3.05, 3.63) is 48.3 Å². The zero-order chi connectivity index (χ0) is 12.4. The van der Waals surface area contributed by atoms with Gasteiger partial charge in [-0.2, -0.15) is 0 Å². The topological polar surface area (TPSA) is 51.8 Å². The summed E-state index contributed by atoms with van der Waals surface area (Å²) in [7, 11) is 0. The van der Waals surface area contributed by atoms with E-state index in [1.54, 1.807) is 0 Å². The highest BCUT2D eigenvalue weighted by Crippen LogP contribution is 2.21. The molecule has 1 aromatic heterocycles. The van der Waals surface area contributed by atoms with E-state index < -0.39 is 0 Å². The van der Waals surface area contributed by atoms with Crippen molar-refractivity contribution in [3.63, 3.8) is 0 Å².